The molecule has 104 valence electrons. The summed E-state index contributed by atoms with van der Waals surface area (Å²) >= 11 is 0. The van der Waals surface area contributed by atoms with Crippen LogP contribution in [0.3, 0.4) is 0 Å². The van der Waals surface area contributed by atoms with Crippen LogP contribution in [0.5, 0.6) is 0 Å². The lowest BCUT2D eigenvalue weighted by Crippen LogP contribution is -2.29. The van der Waals surface area contributed by atoms with Crippen LogP contribution in [0, 0.1) is 0 Å². The van der Waals surface area contributed by atoms with E-state index in [0.717, 1.165) is 6.42 Å². The first-order valence-corrected chi connectivity index (χ1v) is 7.23. The molecule has 0 fully saturated rings. The second-order valence-corrected chi connectivity index (χ2v) is 5.01. The maximum absolute atomic E-state index is 5.62. The number of aryl methyl sites for hydroxylation is 1. The summed E-state index contributed by atoms with van der Waals surface area (Å²) in [6.45, 7) is 2.26. The van der Waals surface area contributed by atoms with Gasteiger partial charge in [0.15, 0.2) is 0 Å². The highest BCUT2D eigenvalue weighted by Crippen LogP contribution is 2.19. The van der Waals surface area contributed by atoms with Gasteiger partial charge in [-0.2, -0.15) is 5.10 Å². The molecule has 1 atom stereocenters. The fourth-order valence-electron chi connectivity index (χ4n) is 2.35. The number of nitrogens with one attached hydrogen (secondary N) is 1. The molecule has 1 aromatic heterocycles. The standard InChI is InChI=1S/C14H28N4/c1-3-4-5-6-7-8-9-10-13(17-15)14-11-12-16-18(14)2/h11-13,17H,3-10,15H2,1-2H3. The van der Waals surface area contributed by atoms with Crippen molar-refractivity contribution in [2.24, 2.45) is 12.9 Å². The van der Waals surface area contributed by atoms with Crippen LogP contribution in [0.1, 0.15) is 70.0 Å². The number of nitrogens with two attached hydrogens (primary N) is 1. The zero-order valence-electron chi connectivity index (χ0n) is 11.9. The van der Waals surface area contributed by atoms with Gasteiger partial charge in [0.05, 0.1) is 11.7 Å². The number of aromatic nitrogens is 2. The van der Waals surface area contributed by atoms with E-state index in [1.807, 2.05) is 24.0 Å². The monoisotopic (exact) mass is 252 g/mol. The van der Waals surface area contributed by atoms with E-state index in [1.165, 1.54) is 50.6 Å². The molecule has 0 saturated heterocycles. The molecule has 0 aliphatic carbocycles. The Labute approximate surface area is 111 Å². The summed E-state index contributed by atoms with van der Waals surface area (Å²) in [5.41, 5.74) is 4.07. The predicted octanol–water partition coefficient (Wildman–Crippen LogP) is 3.07. The van der Waals surface area contributed by atoms with Crippen LogP contribution in [-0.2, 0) is 7.05 Å². The molecule has 0 amide bonds. The molecule has 18 heavy (non-hydrogen) atoms. The van der Waals surface area contributed by atoms with E-state index < -0.39 is 0 Å². The van der Waals surface area contributed by atoms with Gasteiger partial charge in [0.25, 0.3) is 0 Å². The summed E-state index contributed by atoms with van der Waals surface area (Å²) in [7, 11) is 1.96. The number of unbranched alkanes of at least 4 members (excludes halogenated alkanes) is 6. The van der Waals surface area contributed by atoms with Crippen LogP contribution in [0.4, 0.5) is 0 Å². The Hall–Kier alpha value is -0.870. The second kappa shape index (κ2) is 9.11. The topological polar surface area (TPSA) is 55.9 Å². The number of hydrogen-bond acceptors (Lipinski definition) is 3. The number of nitrogens with zero attached hydrogens (tertiary/aromatic N) is 2. The van der Waals surface area contributed by atoms with Crippen LogP contribution in [0.2, 0.25) is 0 Å². The number of hydrazine groups is 1. The Bertz CT molecular complexity index is 308. The Balaban J connectivity index is 2.15. The third kappa shape index (κ3) is 5.19. The minimum atomic E-state index is 0.230. The van der Waals surface area contributed by atoms with E-state index in [0.29, 0.717) is 0 Å². The third-order valence-corrected chi connectivity index (χ3v) is 3.51. The van der Waals surface area contributed by atoms with Gasteiger partial charge < -0.3 is 0 Å². The lowest BCUT2D eigenvalue weighted by molar-refractivity contribution is 0.451. The Kier molecular flexibility index (Phi) is 7.69. The SMILES string of the molecule is CCCCCCCCCC(NN)c1ccnn1C. The van der Waals surface area contributed by atoms with Gasteiger partial charge in [0, 0.05) is 13.2 Å². The molecule has 0 radical (unpaired) electrons. The summed E-state index contributed by atoms with van der Waals surface area (Å²) in [4.78, 5) is 0. The average Bonchev–Trinajstić information content (AvgIpc) is 2.79. The Morgan fingerprint density at radius 1 is 1.22 bits per heavy atom. The first kappa shape index (κ1) is 15.2. The summed E-state index contributed by atoms with van der Waals surface area (Å²) in [5, 5.41) is 4.18. The van der Waals surface area contributed by atoms with E-state index in [1.54, 1.807) is 0 Å². The van der Waals surface area contributed by atoms with Crippen molar-refractivity contribution in [1.29, 1.82) is 0 Å². The van der Waals surface area contributed by atoms with E-state index in [-0.39, 0.29) is 6.04 Å². The van der Waals surface area contributed by atoms with Gasteiger partial charge in [-0.05, 0) is 12.5 Å². The molecule has 1 rings (SSSR count). The highest BCUT2D eigenvalue weighted by molar-refractivity contribution is 5.05. The molecule has 1 aromatic rings. The molecule has 3 N–H and O–H groups in total. The molecule has 0 bridgehead atoms. The first-order chi connectivity index (χ1) is 8.79. The van der Waals surface area contributed by atoms with Crippen molar-refractivity contribution in [2.75, 3.05) is 0 Å². The van der Waals surface area contributed by atoms with Crippen molar-refractivity contribution in [1.82, 2.24) is 15.2 Å². The lowest BCUT2D eigenvalue weighted by atomic mass is 10.0. The van der Waals surface area contributed by atoms with Crippen molar-refractivity contribution in [2.45, 2.75) is 64.3 Å². The third-order valence-electron chi connectivity index (χ3n) is 3.51. The predicted molar refractivity (Wildman–Crippen MR) is 75.9 cm³/mol. The Morgan fingerprint density at radius 3 is 2.44 bits per heavy atom. The molecule has 0 aliphatic heterocycles. The van der Waals surface area contributed by atoms with Gasteiger partial charge >= 0.3 is 0 Å². The van der Waals surface area contributed by atoms with Crippen LogP contribution < -0.4 is 11.3 Å². The maximum Gasteiger partial charge on any atom is 0.0628 e. The van der Waals surface area contributed by atoms with Gasteiger partial charge in [-0.3, -0.25) is 16.0 Å². The molecule has 0 saturated carbocycles. The molecule has 4 nitrogen and oxygen atoms in total. The number of hydrogen-bond donors (Lipinski definition) is 2. The minimum absolute atomic E-state index is 0.230. The quantitative estimate of drug-likeness (QED) is 0.382. The molecule has 1 heterocycles. The zero-order chi connectivity index (χ0) is 13.2. The van der Waals surface area contributed by atoms with E-state index in [4.69, 9.17) is 5.84 Å². The minimum Gasteiger partial charge on any atom is -0.271 e. The van der Waals surface area contributed by atoms with Crippen LogP contribution in [0.25, 0.3) is 0 Å². The zero-order valence-corrected chi connectivity index (χ0v) is 11.9. The molecule has 0 spiro atoms. The van der Waals surface area contributed by atoms with Crippen molar-refractivity contribution in [3.05, 3.63) is 18.0 Å². The molecule has 4 heteroatoms. The second-order valence-electron chi connectivity index (χ2n) is 5.01. The molecule has 0 aromatic carbocycles. The van der Waals surface area contributed by atoms with Gasteiger partial charge in [-0.15, -0.1) is 0 Å². The van der Waals surface area contributed by atoms with Crippen LogP contribution >= 0.6 is 0 Å². The normalized spacial score (nSPS) is 12.8. The molecule has 1 unspecified atom stereocenters. The van der Waals surface area contributed by atoms with Crippen LogP contribution in [0.15, 0.2) is 12.3 Å². The lowest BCUT2D eigenvalue weighted by Gasteiger charge is -2.15. The molecular formula is C14H28N4. The first-order valence-electron chi connectivity index (χ1n) is 7.23. The van der Waals surface area contributed by atoms with Gasteiger partial charge in [0.2, 0.25) is 0 Å². The smallest absolute Gasteiger partial charge is 0.0628 e. The van der Waals surface area contributed by atoms with Crippen molar-refractivity contribution in [3.63, 3.8) is 0 Å². The highest BCUT2D eigenvalue weighted by atomic mass is 15.3. The van der Waals surface area contributed by atoms with E-state index in [2.05, 4.69) is 17.4 Å². The number of rotatable bonds is 10. The summed E-state index contributed by atoms with van der Waals surface area (Å²) in [6.07, 6.45) is 12.3. The van der Waals surface area contributed by atoms with Gasteiger partial charge in [-0.25, -0.2) is 0 Å². The fraction of sp³-hybridized carbons (Fsp3) is 0.786. The average molecular weight is 252 g/mol. The van der Waals surface area contributed by atoms with E-state index in [9.17, 15) is 0 Å². The summed E-state index contributed by atoms with van der Waals surface area (Å²) < 4.78 is 1.89. The van der Waals surface area contributed by atoms with Crippen molar-refractivity contribution in [3.8, 4) is 0 Å². The van der Waals surface area contributed by atoms with Gasteiger partial charge in [-0.1, -0.05) is 51.9 Å². The maximum atomic E-state index is 5.62. The van der Waals surface area contributed by atoms with E-state index >= 15 is 0 Å². The van der Waals surface area contributed by atoms with Crippen molar-refractivity contribution < 1.29 is 0 Å². The highest BCUT2D eigenvalue weighted by Gasteiger charge is 2.12. The van der Waals surface area contributed by atoms with Crippen LogP contribution in [-0.4, -0.2) is 9.78 Å². The largest absolute Gasteiger partial charge is 0.271 e. The summed E-state index contributed by atoms with van der Waals surface area (Å²) in [6, 6.07) is 2.26. The van der Waals surface area contributed by atoms with Gasteiger partial charge in [0.1, 0.15) is 0 Å². The molecule has 0 aliphatic rings. The van der Waals surface area contributed by atoms with Crippen molar-refractivity contribution >= 4 is 0 Å². The Morgan fingerprint density at radius 2 is 1.89 bits per heavy atom. The molecular weight excluding hydrogens is 224 g/mol. The summed E-state index contributed by atoms with van der Waals surface area (Å²) in [5.74, 6) is 5.62. The fourth-order valence-corrected chi connectivity index (χ4v) is 2.35.